The van der Waals surface area contributed by atoms with Gasteiger partial charge in [0.2, 0.25) is 5.95 Å². The number of hydrogen-bond donors (Lipinski definition) is 3. The van der Waals surface area contributed by atoms with Crippen molar-refractivity contribution < 1.29 is 18.3 Å². The number of rotatable bonds is 15. The molecule has 206 valence electrons. The van der Waals surface area contributed by atoms with Crippen molar-refractivity contribution in [2.45, 2.75) is 63.9 Å². The number of benzene rings is 1. The highest BCUT2D eigenvalue weighted by atomic mass is 32.2. The quantitative estimate of drug-likeness (QED) is 0.245. The summed E-state index contributed by atoms with van der Waals surface area (Å²) < 4.78 is 30.1. The number of aromatic nitrogens is 4. The molecule has 4 N–H and O–H groups in total. The summed E-state index contributed by atoms with van der Waals surface area (Å²) in [7, 11) is -2.19. The smallest absolute Gasteiger partial charge is 0.307 e. The van der Waals surface area contributed by atoms with Crippen LogP contribution in [0.3, 0.4) is 0 Å². The molecule has 0 amide bonds. The lowest BCUT2D eigenvalue weighted by Crippen LogP contribution is -2.32. The van der Waals surface area contributed by atoms with Crippen LogP contribution in [0.1, 0.15) is 55.0 Å². The molecule has 0 atom stereocenters. The number of carboxylic acid groups (broad SMARTS) is 1. The highest BCUT2D eigenvalue weighted by Crippen LogP contribution is 2.22. The molecule has 1 aromatic carbocycles. The van der Waals surface area contributed by atoms with Crippen LogP contribution in [0.25, 0.3) is 0 Å². The van der Waals surface area contributed by atoms with E-state index in [4.69, 9.17) is 10.8 Å². The van der Waals surface area contributed by atoms with Gasteiger partial charge in [-0.25, -0.2) is 18.4 Å². The van der Waals surface area contributed by atoms with E-state index in [9.17, 15) is 13.2 Å². The molecule has 38 heavy (non-hydrogen) atoms. The molecule has 0 spiro atoms. The van der Waals surface area contributed by atoms with Gasteiger partial charge in [0.25, 0.3) is 10.0 Å². The maximum atomic E-state index is 13.5. The number of carbonyl (C=O) groups is 1. The Kier molecular flexibility index (Phi) is 10.2. The van der Waals surface area contributed by atoms with Crippen molar-refractivity contribution >= 4 is 27.8 Å². The van der Waals surface area contributed by atoms with Crippen LogP contribution in [0.4, 0.5) is 11.8 Å². The molecule has 0 saturated heterocycles. The second kappa shape index (κ2) is 13.3. The summed E-state index contributed by atoms with van der Waals surface area (Å²) in [6, 6.07) is 6.98. The SMILES string of the molecule is CCCCCNc1nc(N)nc(C)c1CCCN(Cc1cccc(CC(=O)O)c1)S(=O)(=O)c1cn(C)cn1. The summed E-state index contributed by atoms with van der Waals surface area (Å²) in [5.41, 5.74) is 8.88. The van der Waals surface area contributed by atoms with Crippen molar-refractivity contribution in [2.24, 2.45) is 7.05 Å². The highest BCUT2D eigenvalue weighted by Gasteiger charge is 2.27. The molecule has 3 aromatic rings. The maximum Gasteiger partial charge on any atom is 0.307 e. The number of anilines is 2. The van der Waals surface area contributed by atoms with E-state index in [1.165, 1.54) is 16.8 Å². The number of imidazole rings is 1. The molecule has 2 heterocycles. The lowest BCUT2D eigenvalue weighted by Gasteiger charge is -2.22. The number of aliphatic carboxylic acids is 1. The van der Waals surface area contributed by atoms with E-state index < -0.39 is 16.0 Å². The lowest BCUT2D eigenvalue weighted by molar-refractivity contribution is -0.136. The van der Waals surface area contributed by atoms with Crippen molar-refractivity contribution in [1.29, 1.82) is 0 Å². The number of aryl methyl sites for hydroxylation is 2. The molecule has 0 unspecified atom stereocenters. The molecule has 0 bridgehead atoms. The number of nitrogens with one attached hydrogen (secondary N) is 1. The fourth-order valence-electron chi connectivity index (χ4n) is 4.23. The van der Waals surface area contributed by atoms with Crippen molar-refractivity contribution in [1.82, 2.24) is 23.8 Å². The summed E-state index contributed by atoms with van der Waals surface area (Å²) >= 11 is 0. The monoisotopic (exact) mass is 543 g/mol. The van der Waals surface area contributed by atoms with E-state index in [1.807, 2.05) is 6.92 Å². The third kappa shape index (κ3) is 7.99. The van der Waals surface area contributed by atoms with E-state index in [2.05, 4.69) is 27.2 Å². The van der Waals surface area contributed by atoms with Gasteiger partial charge in [0.1, 0.15) is 5.82 Å². The van der Waals surface area contributed by atoms with E-state index in [-0.39, 0.29) is 30.5 Å². The van der Waals surface area contributed by atoms with Crippen molar-refractivity contribution in [3.05, 3.63) is 59.2 Å². The fraction of sp³-hybridized carbons (Fsp3) is 0.462. The summed E-state index contributed by atoms with van der Waals surface area (Å²) in [6.07, 6.45) is 7.08. The molecule has 0 radical (unpaired) electrons. The summed E-state index contributed by atoms with van der Waals surface area (Å²) in [6.45, 7) is 5.10. The van der Waals surface area contributed by atoms with Crippen molar-refractivity contribution in [2.75, 3.05) is 24.1 Å². The second-order valence-electron chi connectivity index (χ2n) is 9.34. The van der Waals surface area contributed by atoms with E-state index in [0.717, 1.165) is 37.1 Å². The Morgan fingerprint density at radius 1 is 1.18 bits per heavy atom. The second-order valence-corrected chi connectivity index (χ2v) is 11.2. The Labute approximate surface area is 224 Å². The molecule has 0 saturated carbocycles. The van der Waals surface area contributed by atoms with Crippen LogP contribution < -0.4 is 11.1 Å². The molecule has 0 fully saturated rings. The van der Waals surface area contributed by atoms with E-state index >= 15 is 0 Å². The van der Waals surface area contributed by atoms with Crippen LogP contribution in [0.2, 0.25) is 0 Å². The largest absolute Gasteiger partial charge is 0.481 e. The predicted molar refractivity (Wildman–Crippen MR) is 146 cm³/mol. The number of hydrogen-bond acceptors (Lipinski definition) is 8. The van der Waals surface area contributed by atoms with E-state index in [1.54, 1.807) is 35.9 Å². The van der Waals surface area contributed by atoms with Crippen LogP contribution in [0.5, 0.6) is 0 Å². The van der Waals surface area contributed by atoms with Gasteiger partial charge in [-0.1, -0.05) is 44.0 Å². The number of unbranched alkanes of at least 4 members (excludes halogenated alkanes) is 2. The van der Waals surface area contributed by atoms with Crippen LogP contribution in [0.15, 0.2) is 41.8 Å². The average Bonchev–Trinajstić information content (AvgIpc) is 3.29. The highest BCUT2D eigenvalue weighted by molar-refractivity contribution is 7.89. The van der Waals surface area contributed by atoms with Gasteiger partial charge in [0, 0.05) is 44.1 Å². The van der Waals surface area contributed by atoms with Gasteiger partial charge in [-0.2, -0.15) is 9.29 Å². The molecule has 12 heteroatoms. The standard InChI is InChI=1S/C26H37N7O4S/c1-4-5-6-12-28-25-22(19(2)30-26(27)31-25)11-8-13-33(38(36,37)23-17-32(3)18-29-23)16-21-10-7-9-20(14-21)15-24(34)35/h7,9-10,14,17-18H,4-6,8,11-13,15-16H2,1-3H3,(H,34,35)(H3,27,28,30,31). The van der Waals surface area contributed by atoms with E-state index in [0.29, 0.717) is 29.8 Å². The van der Waals surface area contributed by atoms with Gasteiger partial charge >= 0.3 is 5.97 Å². The molecule has 11 nitrogen and oxygen atoms in total. The minimum absolute atomic E-state index is 0.0352. The first-order valence-corrected chi connectivity index (χ1v) is 14.2. The van der Waals surface area contributed by atoms with Gasteiger partial charge in [-0.15, -0.1) is 0 Å². The Morgan fingerprint density at radius 2 is 1.95 bits per heavy atom. The minimum atomic E-state index is -3.90. The predicted octanol–water partition coefficient (Wildman–Crippen LogP) is 3.15. The third-order valence-corrected chi connectivity index (χ3v) is 7.86. The lowest BCUT2D eigenvalue weighted by atomic mass is 10.1. The van der Waals surface area contributed by atoms with Crippen LogP contribution in [0, 0.1) is 6.92 Å². The van der Waals surface area contributed by atoms with Crippen molar-refractivity contribution in [3.8, 4) is 0 Å². The molecule has 3 rings (SSSR count). The van der Waals surface area contributed by atoms with Crippen molar-refractivity contribution in [3.63, 3.8) is 0 Å². The zero-order chi connectivity index (χ0) is 27.7. The van der Waals surface area contributed by atoms with Gasteiger partial charge in [-0.05, 0) is 37.3 Å². The maximum absolute atomic E-state index is 13.5. The number of nitrogens with zero attached hydrogens (tertiary/aromatic N) is 5. The fourth-order valence-corrected chi connectivity index (χ4v) is 5.66. The van der Waals surface area contributed by atoms with Gasteiger partial charge in [0.15, 0.2) is 5.03 Å². The topological polar surface area (TPSA) is 156 Å². The van der Waals surface area contributed by atoms with Crippen LogP contribution >= 0.6 is 0 Å². The Morgan fingerprint density at radius 3 is 2.63 bits per heavy atom. The summed E-state index contributed by atoms with van der Waals surface area (Å²) in [4.78, 5) is 23.9. The summed E-state index contributed by atoms with van der Waals surface area (Å²) in [5, 5.41) is 12.5. The Hall–Kier alpha value is -3.51. The van der Waals surface area contributed by atoms with Gasteiger partial charge in [0.05, 0.1) is 12.7 Å². The summed E-state index contributed by atoms with van der Waals surface area (Å²) in [5.74, 6) is -0.0586. The number of carboxylic acids is 1. The molecule has 0 aliphatic heterocycles. The Balaban J connectivity index is 1.81. The zero-order valence-corrected chi connectivity index (χ0v) is 23.0. The number of sulfonamides is 1. The number of nitrogen functional groups attached to an aromatic ring is 1. The third-order valence-electron chi connectivity index (χ3n) is 6.13. The Bertz CT molecular complexity index is 1340. The first kappa shape index (κ1) is 29.1. The molecular formula is C26H37N7O4S. The first-order valence-electron chi connectivity index (χ1n) is 12.7. The molecule has 2 aromatic heterocycles. The normalized spacial score (nSPS) is 11.7. The minimum Gasteiger partial charge on any atom is -0.481 e. The molecule has 0 aliphatic rings. The molecule has 0 aliphatic carbocycles. The van der Waals surface area contributed by atoms with Crippen LogP contribution in [-0.2, 0) is 41.3 Å². The van der Waals surface area contributed by atoms with Gasteiger partial charge in [-0.3, -0.25) is 4.79 Å². The van der Waals surface area contributed by atoms with Crippen LogP contribution in [-0.4, -0.2) is 56.4 Å². The van der Waals surface area contributed by atoms with Gasteiger partial charge < -0.3 is 20.7 Å². The first-order chi connectivity index (χ1) is 18.1. The zero-order valence-electron chi connectivity index (χ0n) is 22.2. The molecular weight excluding hydrogens is 506 g/mol. The average molecular weight is 544 g/mol. The number of nitrogens with two attached hydrogens (primary N) is 1.